The number of hydrogen-bond acceptors (Lipinski definition) is 3. The van der Waals surface area contributed by atoms with Gasteiger partial charge in [-0.3, -0.25) is 14.3 Å². The third-order valence-electron chi connectivity index (χ3n) is 2.61. The maximum atomic E-state index is 11.7. The van der Waals surface area contributed by atoms with Gasteiger partial charge >= 0.3 is 11.7 Å². The van der Waals surface area contributed by atoms with Gasteiger partial charge in [0.2, 0.25) is 0 Å². The van der Waals surface area contributed by atoms with Crippen LogP contribution in [0.25, 0.3) is 0 Å². The van der Waals surface area contributed by atoms with Crippen LogP contribution in [0.15, 0.2) is 42.9 Å². The van der Waals surface area contributed by atoms with Gasteiger partial charge in [-0.1, -0.05) is 22.0 Å². The van der Waals surface area contributed by atoms with Crippen molar-refractivity contribution in [3.63, 3.8) is 0 Å². The van der Waals surface area contributed by atoms with Crippen molar-refractivity contribution in [2.45, 2.75) is 6.54 Å². The Labute approximate surface area is 129 Å². The van der Waals surface area contributed by atoms with Crippen LogP contribution in [0.2, 0.25) is 0 Å². The topological polar surface area (TPSA) is 92.2 Å². The van der Waals surface area contributed by atoms with Crippen molar-refractivity contribution in [2.24, 2.45) is 0 Å². The largest absolute Gasteiger partial charge is 0.478 e. The molecule has 8 heteroatoms. The molecule has 0 atom stereocenters. The molecule has 0 saturated heterocycles. The molecule has 0 fully saturated rings. The lowest BCUT2D eigenvalue weighted by molar-refractivity contribution is 0.0697. The van der Waals surface area contributed by atoms with E-state index in [2.05, 4.69) is 36.8 Å². The zero-order valence-corrected chi connectivity index (χ0v) is 13.1. The first-order chi connectivity index (χ1) is 9.38. The summed E-state index contributed by atoms with van der Waals surface area (Å²) in [6, 6.07) is 4.52. The molecule has 0 aliphatic heterocycles. The van der Waals surface area contributed by atoms with Crippen LogP contribution < -0.4 is 11.2 Å². The maximum absolute atomic E-state index is 11.7. The van der Waals surface area contributed by atoms with E-state index in [1.165, 1.54) is 22.9 Å². The maximum Gasteiger partial charge on any atom is 0.335 e. The minimum atomic E-state index is -1.03. The number of carboxylic acids is 1. The number of benzene rings is 1. The van der Waals surface area contributed by atoms with Gasteiger partial charge in [-0.15, -0.1) is 0 Å². The fourth-order valence-corrected chi connectivity index (χ4v) is 2.44. The number of halogens is 2. The molecule has 1 aromatic heterocycles. The summed E-state index contributed by atoms with van der Waals surface area (Å²) in [6.45, 7) is 0.203. The molecule has 0 saturated carbocycles. The third kappa shape index (κ3) is 3.07. The van der Waals surface area contributed by atoms with Gasteiger partial charge in [0.05, 0.1) is 16.6 Å². The summed E-state index contributed by atoms with van der Waals surface area (Å²) in [6.07, 6.45) is 1.39. The standard InChI is InChI=1S/C12H8Br2N2O4/c13-8-3-6(11(18)19)1-2-7(8)4-16-5-9(14)10(17)15-12(16)20/h1-3,5H,4H2,(H,18,19)(H,15,17,20). The number of nitrogens with one attached hydrogen (secondary N) is 1. The molecule has 1 aromatic carbocycles. The molecule has 2 N–H and O–H groups in total. The van der Waals surface area contributed by atoms with Crippen molar-refractivity contribution < 1.29 is 9.90 Å². The average Bonchev–Trinajstić information content (AvgIpc) is 2.37. The molecule has 6 nitrogen and oxygen atoms in total. The molecule has 104 valence electrons. The lowest BCUT2D eigenvalue weighted by Gasteiger charge is -2.08. The van der Waals surface area contributed by atoms with Gasteiger partial charge in [-0.25, -0.2) is 9.59 Å². The number of aromatic amines is 1. The number of aromatic carboxylic acids is 1. The Bertz CT molecular complexity index is 795. The summed E-state index contributed by atoms with van der Waals surface area (Å²) < 4.78 is 2.13. The number of H-pyrrole nitrogens is 1. The van der Waals surface area contributed by atoms with Crippen LogP contribution in [0.5, 0.6) is 0 Å². The highest BCUT2D eigenvalue weighted by Gasteiger charge is 2.09. The summed E-state index contributed by atoms with van der Waals surface area (Å²) >= 11 is 6.32. The quantitative estimate of drug-likeness (QED) is 0.817. The van der Waals surface area contributed by atoms with E-state index >= 15 is 0 Å². The number of aromatic nitrogens is 2. The van der Waals surface area contributed by atoms with Crippen LogP contribution in [-0.2, 0) is 6.54 Å². The molecular weight excluding hydrogens is 396 g/mol. The molecule has 0 spiro atoms. The Morgan fingerprint density at radius 3 is 2.55 bits per heavy atom. The van der Waals surface area contributed by atoms with Gasteiger partial charge in [-0.05, 0) is 33.6 Å². The molecule has 20 heavy (non-hydrogen) atoms. The highest BCUT2D eigenvalue weighted by Crippen LogP contribution is 2.19. The van der Waals surface area contributed by atoms with Crippen LogP contribution in [0, 0.1) is 0 Å². The van der Waals surface area contributed by atoms with E-state index in [-0.39, 0.29) is 16.6 Å². The van der Waals surface area contributed by atoms with E-state index in [1.54, 1.807) is 6.07 Å². The number of rotatable bonds is 3. The SMILES string of the molecule is O=C(O)c1ccc(Cn2cc(Br)c(=O)[nH]c2=O)c(Br)c1. The minimum absolute atomic E-state index is 0.149. The summed E-state index contributed by atoms with van der Waals surface area (Å²) in [7, 11) is 0. The monoisotopic (exact) mass is 402 g/mol. The molecule has 0 aliphatic carbocycles. The first-order valence-corrected chi connectivity index (χ1v) is 6.98. The van der Waals surface area contributed by atoms with Crippen LogP contribution in [-0.4, -0.2) is 20.6 Å². The summed E-state index contributed by atoms with van der Waals surface area (Å²) in [5.74, 6) is -1.03. The second-order valence-corrected chi connectivity index (χ2v) is 5.68. The fraction of sp³-hybridized carbons (Fsp3) is 0.0833. The Balaban J connectivity index is 2.40. The van der Waals surface area contributed by atoms with E-state index in [1.807, 2.05) is 0 Å². The molecule has 1 heterocycles. The van der Waals surface area contributed by atoms with Crippen molar-refractivity contribution in [3.05, 3.63) is 65.3 Å². The van der Waals surface area contributed by atoms with Gasteiger partial charge in [0.25, 0.3) is 5.56 Å². The second-order valence-electron chi connectivity index (χ2n) is 3.98. The summed E-state index contributed by atoms with van der Waals surface area (Å²) in [5.41, 5.74) is -0.161. The van der Waals surface area contributed by atoms with Crippen LogP contribution in [0.3, 0.4) is 0 Å². The molecule has 0 radical (unpaired) electrons. The fourth-order valence-electron chi connectivity index (χ4n) is 1.59. The van der Waals surface area contributed by atoms with E-state index in [0.29, 0.717) is 4.47 Å². The van der Waals surface area contributed by atoms with Crippen molar-refractivity contribution >= 4 is 37.8 Å². The first-order valence-electron chi connectivity index (χ1n) is 5.39. The summed E-state index contributed by atoms with van der Waals surface area (Å²) in [4.78, 5) is 35.9. The van der Waals surface area contributed by atoms with Crippen LogP contribution in [0.4, 0.5) is 0 Å². The number of carbonyl (C=O) groups is 1. The van der Waals surface area contributed by atoms with Gasteiger partial charge in [0.15, 0.2) is 0 Å². The van der Waals surface area contributed by atoms with Gasteiger partial charge in [-0.2, -0.15) is 0 Å². The zero-order chi connectivity index (χ0) is 14.9. The predicted molar refractivity (Wildman–Crippen MR) is 79.2 cm³/mol. The smallest absolute Gasteiger partial charge is 0.335 e. The lowest BCUT2D eigenvalue weighted by Crippen LogP contribution is -2.30. The van der Waals surface area contributed by atoms with E-state index in [0.717, 1.165) is 5.56 Å². The van der Waals surface area contributed by atoms with E-state index < -0.39 is 17.2 Å². The van der Waals surface area contributed by atoms with Crippen molar-refractivity contribution in [3.8, 4) is 0 Å². The van der Waals surface area contributed by atoms with E-state index in [4.69, 9.17) is 5.11 Å². The predicted octanol–water partition coefficient (Wildman–Crippen LogP) is 1.81. The van der Waals surface area contributed by atoms with Crippen LogP contribution in [0.1, 0.15) is 15.9 Å². The highest BCUT2D eigenvalue weighted by molar-refractivity contribution is 9.10. The van der Waals surface area contributed by atoms with Gasteiger partial charge in [0, 0.05) is 10.7 Å². The average molecular weight is 404 g/mol. The highest BCUT2D eigenvalue weighted by atomic mass is 79.9. The molecule has 2 aromatic rings. The molecule has 0 aliphatic rings. The number of carboxylic acid groups (broad SMARTS) is 1. The molecule has 0 unspecified atom stereocenters. The summed E-state index contributed by atoms with van der Waals surface area (Å²) in [5, 5.41) is 8.88. The van der Waals surface area contributed by atoms with Crippen molar-refractivity contribution in [1.29, 1.82) is 0 Å². The Morgan fingerprint density at radius 1 is 1.25 bits per heavy atom. The lowest BCUT2D eigenvalue weighted by atomic mass is 10.1. The number of hydrogen-bond donors (Lipinski definition) is 2. The van der Waals surface area contributed by atoms with Crippen molar-refractivity contribution in [1.82, 2.24) is 9.55 Å². The normalized spacial score (nSPS) is 10.5. The van der Waals surface area contributed by atoms with Gasteiger partial charge in [0.1, 0.15) is 0 Å². The number of nitrogens with zero attached hydrogens (tertiary/aromatic N) is 1. The Morgan fingerprint density at radius 2 is 1.95 bits per heavy atom. The van der Waals surface area contributed by atoms with Crippen LogP contribution >= 0.6 is 31.9 Å². The molecule has 0 amide bonds. The zero-order valence-electron chi connectivity index (χ0n) is 9.89. The molecular formula is C12H8Br2N2O4. The minimum Gasteiger partial charge on any atom is -0.478 e. The van der Waals surface area contributed by atoms with E-state index in [9.17, 15) is 14.4 Å². The van der Waals surface area contributed by atoms with Gasteiger partial charge < -0.3 is 5.11 Å². The van der Waals surface area contributed by atoms with Crippen molar-refractivity contribution in [2.75, 3.05) is 0 Å². The molecule has 0 bridgehead atoms. The molecule has 2 rings (SSSR count). The first kappa shape index (κ1) is 14.7. The second kappa shape index (κ2) is 5.76. The Hall–Kier alpha value is -1.67. The Kier molecular flexibility index (Phi) is 4.24. The third-order valence-corrected chi connectivity index (χ3v) is 3.91.